The molecule has 0 fully saturated rings. The van der Waals surface area contributed by atoms with E-state index in [1.54, 1.807) is 30.3 Å². The molecule has 4 rings (SSSR count). The number of para-hydroxylation sites is 1. The van der Waals surface area contributed by atoms with Gasteiger partial charge in [-0.1, -0.05) is 41.9 Å². The van der Waals surface area contributed by atoms with E-state index in [1.165, 1.54) is 6.92 Å². The Morgan fingerprint density at radius 1 is 1.03 bits per heavy atom. The Hall–Kier alpha value is -3.57. The monoisotopic (exact) mass is 447 g/mol. The Balaban J connectivity index is 1.73. The number of nitrogens with zero attached hydrogens (tertiary/aromatic N) is 1. The van der Waals surface area contributed by atoms with Crippen LogP contribution in [0.15, 0.2) is 72.8 Å². The molecule has 1 atom stereocenters. The van der Waals surface area contributed by atoms with Crippen LogP contribution in [0.1, 0.15) is 34.1 Å². The highest BCUT2D eigenvalue weighted by Crippen LogP contribution is 2.29. The highest BCUT2D eigenvalue weighted by molar-refractivity contribution is 6.30. The second-order valence-corrected chi connectivity index (χ2v) is 8.08. The predicted molar refractivity (Wildman–Crippen MR) is 125 cm³/mol. The number of ether oxygens (including phenoxy) is 1. The van der Waals surface area contributed by atoms with Crippen molar-refractivity contribution in [3.05, 3.63) is 100 Å². The fourth-order valence-corrected chi connectivity index (χ4v) is 3.95. The van der Waals surface area contributed by atoms with Gasteiger partial charge in [0.15, 0.2) is 11.9 Å². The summed E-state index contributed by atoms with van der Waals surface area (Å²) in [6.45, 7) is 3.95. The van der Waals surface area contributed by atoms with Crippen LogP contribution < -0.4 is 4.74 Å². The lowest BCUT2D eigenvalue weighted by molar-refractivity contribution is -0.144. The Labute approximate surface area is 190 Å². The summed E-state index contributed by atoms with van der Waals surface area (Å²) in [5, 5.41) is 10.6. The molecule has 0 saturated heterocycles. The summed E-state index contributed by atoms with van der Waals surface area (Å²) in [4.78, 5) is 24.5. The van der Waals surface area contributed by atoms with Crippen LogP contribution in [0.5, 0.6) is 5.75 Å². The van der Waals surface area contributed by atoms with Crippen molar-refractivity contribution < 1.29 is 19.4 Å². The van der Waals surface area contributed by atoms with Gasteiger partial charge >= 0.3 is 5.97 Å². The Morgan fingerprint density at radius 3 is 2.47 bits per heavy atom. The van der Waals surface area contributed by atoms with E-state index in [0.29, 0.717) is 28.4 Å². The highest BCUT2D eigenvalue weighted by atomic mass is 35.5. The third-order valence-electron chi connectivity index (χ3n) is 5.46. The number of ketones is 1. The topological polar surface area (TPSA) is 68.5 Å². The number of aromatic nitrogens is 1. The lowest BCUT2D eigenvalue weighted by atomic mass is 10.0. The number of carboxylic acids is 1. The van der Waals surface area contributed by atoms with Crippen molar-refractivity contribution in [1.29, 1.82) is 0 Å². The number of carbonyl (C=O) groups excluding carboxylic acids is 1. The zero-order valence-corrected chi connectivity index (χ0v) is 18.5. The van der Waals surface area contributed by atoms with Crippen molar-refractivity contribution in [2.24, 2.45) is 0 Å². The minimum Gasteiger partial charge on any atom is -0.479 e. The predicted octanol–water partition coefficient (Wildman–Crippen LogP) is 5.73. The standard InChI is InChI=1S/C26H22ClNO4/c1-16-24(25(29)19-10-12-20(27)13-11-19)22-8-3-4-9-23(22)28(16)15-18-6-5-7-21(14-18)32-17(2)26(30)31/h3-14,17H,15H2,1-2H3,(H,30,31)/t17-/m0/s1. The molecule has 5 nitrogen and oxygen atoms in total. The van der Waals surface area contributed by atoms with Gasteiger partial charge in [0.05, 0.1) is 5.56 Å². The first kappa shape index (κ1) is 21.7. The Morgan fingerprint density at radius 2 is 1.75 bits per heavy atom. The fourth-order valence-electron chi connectivity index (χ4n) is 3.82. The molecule has 162 valence electrons. The molecule has 1 aromatic heterocycles. The van der Waals surface area contributed by atoms with E-state index in [4.69, 9.17) is 21.4 Å². The van der Waals surface area contributed by atoms with Crippen LogP contribution in [0, 0.1) is 6.92 Å². The number of rotatable bonds is 7. The Bertz CT molecular complexity index is 1310. The molecule has 0 radical (unpaired) electrons. The molecule has 1 N–H and O–H groups in total. The zero-order chi connectivity index (χ0) is 22.8. The van der Waals surface area contributed by atoms with E-state index in [2.05, 4.69) is 4.57 Å². The molecule has 0 aliphatic carbocycles. The van der Waals surface area contributed by atoms with Gasteiger partial charge in [0.2, 0.25) is 0 Å². The number of benzene rings is 3. The van der Waals surface area contributed by atoms with E-state index in [0.717, 1.165) is 22.2 Å². The minimum atomic E-state index is -1.02. The largest absolute Gasteiger partial charge is 0.479 e. The third kappa shape index (κ3) is 4.25. The van der Waals surface area contributed by atoms with Gasteiger partial charge in [-0.05, 0) is 61.9 Å². The van der Waals surface area contributed by atoms with Crippen molar-refractivity contribution in [2.75, 3.05) is 0 Å². The van der Waals surface area contributed by atoms with Crippen LogP contribution in [-0.4, -0.2) is 27.5 Å². The van der Waals surface area contributed by atoms with Gasteiger partial charge in [-0.3, -0.25) is 4.79 Å². The molecule has 3 aromatic carbocycles. The molecule has 32 heavy (non-hydrogen) atoms. The normalized spacial score (nSPS) is 12.0. The van der Waals surface area contributed by atoms with Gasteiger partial charge in [0.1, 0.15) is 5.75 Å². The summed E-state index contributed by atoms with van der Waals surface area (Å²) >= 11 is 5.99. The highest BCUT2D eigenvalue weighted by Gasteiger charge is 2.21. The quantitative estimate of drug-likeness (QED) is 0.367. The maximum atomic E-state index is 13.4. The number of carbonyl (C=O) groups is 2. The maximum absolute atomic E-state index is 13.4. The van der Waals surface area contributed by atoms with Crippen LogP contribution in [0.3, 0.4) is 0 Å². The number of hydrogen-bond donors (Lipinski definition) is 1. The zero-order valence-electron chi connectivity index (χ0n) is 17.7. The van der Waals surface area contributed by atoms with E-state index >= 15 is 0 Å². The molecule has 0 aliphatic heterocycles. The molecule has 4 aromatic rings. The molecule has 6 heteroatoms. The molecule has 0 spiro atoms. The molecular formula is C26H22ClNO4. The lowest BCUT2D eigenvalue weighted by Gasteiger charge is -2.13. The third-order valence-corrected chi connectivity index (χ3v) is 5.72. The average Bonchev–Trinajstić information content (AvgIpc) is 3.05. The first-order valence-electron chi connectivity index (χ1n) is 10.2. The van der Waals surface area contributed by atoms with Gasteiger partial charge in [-0.2, -0.15) is 0 Å². The fraction of sp³-hybridized carbons (Fsp3) is 0.154. The molecule has 0 unspecified atom stereocenters. The first-order chi connectivity index (χ1) is 15.3. The van der Waals surface area contributed by atoms with E-state index < -0.39 is 12.1 Å². The summed E-state index contributed by atoms with van der Waals surface area (Å²) in [6, 6.07) is 22.1. The van der Waals surface area contributed by atoms with E-state index in [1.807, 2.05) is 49.4 Å². The minimum absolute atomic E-state index is 0.0542. The molecule has 0 bridgehead atoms. The molecule has 0 amide bonds. The summed E-state index contributed by atoms with van der Waals surface area (Å²) in [6.07, 6.45) is -0.942. The van der Waals surface area contributed by atoms with Gasteiger partial charge in [0, 0.05) is 33.7 Å². The van der Waals surface area contributed by atoms with Crippen molar-refractivity contribution in [1.82, 2.24) is 4.57 Å². The number of fused-ring (bicyclic) bond motifs is 1. The lowest BCUT2D eigenvalue weighted by Crippen LogP contribution is -2.22. The van der Waals surface area contributed by atoms with Crippen LogP contribution in [-0.2, 0) is 11.3 Å². The number of hydrogen-bond acceptors (Lipinski definition) is 3. The van der Waals surface area contributed by atoms with Crippen molar-refractivity contribution in [3.63, 3.8) is 0 Å². The summed E-state index contributed by atoms with van der Waals surface area (Å²) in [5.41, 5.74) is 3.99. The second kappa shape index (κ2) is 8.89. The van der Waals surface area contributed by atoms with E-state index in [-0.39, 0.29) is 5.78 Å². The van der Waals surface area contributed by atoms with Gasteiger partial charge in [-0.25, -0.2) is 4.79 Å². The van der Waals surface area contributed by atoms with Crippen molar-refractivity contribution in [2.45, 2.75) is 26.5 Å². The van der Waals surface area contributed by atoms with Gasteiger partial charge in [-0.15, -0.1) is 0 Å². The number of halogens is 1. The molecule has 1 heterocycles. The van der Waals surface area contributed by atoms with Gasteiger partial charge in [0.25, 0.3) is 0 Å². The van der Waals surface area contributed by atoms with Crippen LogP contribution in [0.25, 0.3) is 10.9 Å². The molecule has 0 saturated carbocycles. The molecular weight excluding hydrogens is 426 g/mol. The SMILES string of the molecule is Cc1c(C(=O)c2ccc(Cl)cc2)c2ccccc2n1Cc1cccc(O[C@@H](C)C(=O)O)c1. The van der Waals surface area contributed by atoms with E-state index in [9.17, 15) is 9.59 Å². The first-order valence-corrected chi connectivity index (χ1v) is 10.6. The maximum Gasteiger partial charge on any atom is 0.344 e. The molecule has 0 aliphatic rings. The van der Waals surface area contributed by atoms with Crippen molar-refractivity contribution >= 4 is 34.3 Å². The summed E-state index contributed by atoms with van der Waals surface area (Å²) < 4.78 is 7.60. The second-order valence-electron chi connectivity index (χ2n) is 7.65. The number of aliphatic carboxylic acids is 1. The van der Waals surface area contributed by atoms with Crippen molar-refractivity contribution in [3.8, 4) is 5.75 Å². The van der Waals surface area contributed by atoms with Crippen LogP contribution in [0.4, 0.5) is 0 Å². The summed E-state index contributed by atoms with van der Waals surface area (Å²) in [7, 11) is 0. The van der Waals surface area contributed by atoms with Gasteiger partial charge < -0.3 is 14.4 Å². The Kier molecular flexibility index (Phi) is 6.01. The van der Waals surface area contributed by atoms with Crippen LogP contribution >= 0.6 is 11.6 Å². The van der Waals surface area contributed by atoms with Crippen LogP contribution in [0.2, 0.25) is 5.02 Å². The number of carboxylic acid groups (broad SMARTS) is 1. The smallest absolute Gasteiger partial charge is 0.344 e. The average molecular weight is 448 g/mol. The summed E-state index contributed by atoms with van der Waals surface area (Å²) in [5.74, 6) is -0.585.